The van der Waals surface area contributed by atoms with Crippen LogP contribution in [0.4, 0.5) is 14.6 Å². The van der Waals surface area contributed by atoms with Gasteiger partial charge < -0.3 is 20.1 Å². The van der Waals surface area contributed by atoms with Crippen molar-refractivity contribution < 1.29 is 23.4 Å². The van der Waals surface area contributed by atoms with Gasteiger partial charge in [-0.2, -0.15) is 0 Å². The zero-order valence-electron chi connectivity index (χ0n) is 21.0. The van der Waals surface area contributed by atoms with Crippen LogP contribution in [-0.4, -0.2) is 58.6 Å². The van der Waals surface area contributed by atoms with E-state index in [4.69, 9.17) is 9.84 Å². The lowest BCUT2D eigenvalue weighted by molar-refractivity contribution is -0.178. The minimum Gasteiger partial charge on any atom is -0.496 e. The number of benzene rings is 1. The van der Waals surface area contributed by atoms with Crippen LogP contribution in [-0.2, 0) is 6.54 Å². The van der Waals surface area contributed by atoms with Gasteiger partial charge in [0.2, 0.25) is 5.92 Å². The molecule has 1 saturated heterocycles. The number of hydrogen-bond donors (Lipinski definition) is 3. The molecule has 194 valence electrons. The third-order valence-corrected chi connectivity index (χ3v) is 7.22. The number of aryl methyl sites for hydroxylation is 1. The molecule has 0 atom stereocenters. The Labute approximate surface area is 209 Å². The Bertz CT molecular complexity index is 1210. The summed E-state index contributed by atoms with van der Waals surface area (Å²) >= 11 is 0. The van der Waals surface area contributed by atoms with Gasteiger partial charge in [0.05, 0.1) is 7.11 Å². The summed E-state index contributed by atoms with van der Waals surface area (Å²) in [6.07, 6.45) is 3.90. The van der Waals surface area contributed by atoms with Crippen LogP contribution in [0.3, 0.4) is 0 Å². The molecule has 1 aromatic carbocycles. The Morgan fingerprint density at radius 1 is 1.25 bits per heavy atom. The molecule has 2 aliphatic rings. The molecular weight excluding hydrogens is 466 g/mol. The van der Waals surface area contributed by atoms with Gasteiger partial charge in [-0.25, -0.2) is 18.6 Å². The van der Waals surface area contributed by atoms with Crippen molar-refractivity contribution in [2.45, 2.75) is 52.0 Å². The normalized spacial score (nSPS) is 18.2. The van der Waals surface area contributed by atoms with E-state index in [9.17, 15) is 13.6 Å². The number of halogens is 2. The lowest BCUT2D eigenvalue weighted by atomic mass is 9.61. The number of nitrogens with one attached hydrogen (secondary N) is 2. The van der Waals surface area contributed by atoms with Crippen LogP contribution in [0.1, 0.15) is 54.2 Å². The number of H-pyrrole nitrogens is 1. The molecule has 2 fully saturated rings. The summed E-state index contributed by atoms with van der Waals surface area (Å²) in [4.78, 5) is 20.0. The van der Waals surface area contributed by atoms with Crippen molar-refractivity contribution in [3.8, 4) is 5.75 Å². The number of anilines is 1. The van der Waals surface area contributed by atoms with E-state index in [0.717, 1.165) is 50.3 Å². The van der Waals surface area contributed by atoms with E-state index in [1.165, 1.54) is 22.6 Å². The molecular formula is C27H34F2N4O3. The molecule has 0 amide bonds. The zero-order chi connectivity index (χ0) is 25.9. The van der Waals surface area contributed by atoms with Crippen LogP contribution >= 0.6 is 0 Å². The number of aromatic carboxylic acids is 1. The molecule has 1 aliphatic heterocycles. The molecule has 3 heterocycles. The first-order valence-corrected chi connectivity index (χ1v) is 12.3. The fourth-order valence-electron chi connectivity index (χ4n) is 5.42. The number of alkyl halides is 2. The summed E-state index contributed by atoms with van der Waals surface area (Å²) in [5, 5.41) is 12.7. The highest BCUT2D eigenvalue weighted by atomic mass is 19.3. The van der Waals surface area contributed by atoms with Crippen molar-refractivity contribution in [2.24, 2.45) is 5.41 Å². The fraction of sp³-hybridized carbons (Fsp3) is 0.481. The van der Waals surface area contributed by atoms with Crippen molar-refractivity contribution in [3.05, 3.63) is 53.3 Å². The minimum absolute atomic E-state index is 0.0634. The van der Waals surface area contributed by atoms with Crippen LogP contribution in [0.5, 0.6) is 5.75 Å². The number of rotatable bonds is 6. The van der Waals surface area contributed by atoms with Gasteiger partial charge in [0.25, 0.3) is 0 Å². The SMILES string of the molecule is CCNc1cccc(C(=O)O)n1.COc1cc(C)c2[nH]ccc2c1CN1CCC2(CC1)CC(F)(F)C2. The summed E-state index contributed by atoms with van der Waals surface area (Å²) < 4.78 is 32.1. The highest BCUT2D eigenvalue weighted by molar-refractivity contribution is 5.88. The second-order valence-corrected chi connectivity index (χ2v) is 9.87. The van der Waals surface area contributed by atoms with E-state index in [-0.39, 0.29) is 24.0 Å². The average Bonchev–Trinajstić information content (AvgIpc) is 3.32. The topological polar surface area (TPSA) is 90.5 Å². The Morgan fingerprint density at radius 3 is 2.58 bits per heavy atom. The summed E-state index contributed by atoms with van der Waals surface area (Å²) in [6, 6.07) is 9.03. The highest BCUT2D eigenvalue weighted by Gasteiger charge is 2.56. The number of carboxylic acid groups (broad SMARTS) is 1. The smallest absolute Gasteiger partial charge is 0.354 e. The second kappa shape index (κ2) is 10.4. The number of pyridine rings is 1. The predicted octanol–water partition coefficient (Wildman–Crippen LogP) is 5.71. The van der Waals surface area contributed by atoms with Gasteiger partial charge in [-0.05, 0) is 75.0 Å². The van der Waals surface area contributed by atoms with Crippen molar-refractivity contribution >= 4 is 22.7 Å². The molecule has 0 radical (unpaired) electrons. The van der Waals surface area contributed by atoms with Crippen molar-refractivity contribution in [3.63, 3.8) is 0 Å². The molecule has 1 spiro atoms. The molecule has 7 nitrogen and oxygen atoms in total. The van der Waals surface area contributed by atoms with E-state index in [0.29, 0.717) is 5.82 Å². The number of ether oxygens (including phenoxy) is 1. The lowest BCUT2D eigenvalue weighted by Gasteiger charge is -2.51. The van der Waals surface area contributed by atoms with E-state index < -0.39 is 11.9 Å². The first kappa shape index (κ1) is 25.9. The number of carboxylic acids is 1. The summed E-state index contributed by atoms with van der Waals surface area (Å²) in [6.45, 7) is 7.32. The van der Waals surface area contributed by atoms with Gasteiger partial charge >= 0.3 is 5.97 Å². The molecule has 2 aromatic heterocycles. The van der Waals surface area contributed by atoms with Crippen LogP contribution in [0.15, 0.2) is 36.5 Å². The summed E-state index contributed by atoms with van der Waals surface area (Å²) in [5.74, 6) is -1.91. The number of methoxy groups -OCH3 is 1. The number of fused-ring (bicyclic) bond motifs is 1. The van der Waals surface area contributed by atoms with Crippen molar-refractivity contribution in [2.75, 3.05) is 32.1 Å². The predicted molar refractivity (Wildman–Crippen MR) is 136 cm³/mol. The standard InChI is InChI=1S/C19H24F2N2O.C8H10N2O2/c1-13-9-16(24-2)15(14-3-6-22-17(13)14)10-23-7-4-18(5-8-23)11-19(20,21)12-18;1-2-9-7-5-3-4-6(10-7)8(11)12/h3,6,9,22H,4-5,7-8,10-12H2,1-2H3;3-5H,2H2,1H3,(H,9,10)(H,11,12). The number of hydrogen-bond acceptors (Lipinski definition) is 5. The van der Waals surface area contributed by atoms with Crippen molar-refractivity contribution in [1.29, 1.82) is 0 Å². The van der Waals surface area contributed by atoms with E-state index in [1.807, 2.05) is 13.1 Å². The first-order valence-electron chi connectivity index (χ1n) is 12.3. The molecule has 3 N–H and O–H groups in total. The minimum atomic E-state index is -2.42. The molecule has 5 rings (SSSR count). The van der Waals surface area contributed by atoms with Gasteiger partial charge in [-0.1, -0.05) is 6.07 Å². The van der Waals surface area contributed by atoms with Gasteiger partial charge in [-0.15, -0.1) is 0 Å². The number of carbonyl (C=O) groups is 1. The third kappa shape index (κ3) is 5.61. The number of likely N-dealkylation sites (tertiary alicyclic amines) is 1. The molecule has 3 aromatic rings. The van der Waals surface area contributed by atoms with Gasteiger partial charge in [0.1, 0.15) is 11.6 Å². The maximum atomic E-state index is 13.3. The molecule has 36 heavy (non-hydrogen) atoms. The molecule has 1 aliphatic carbocycles. The van der Waals surface area contributed by atoms with Crippen LogP contribution < -0.4 is 10.1 Å². The van der Waals surface area contributed by atoms with Crippen LogP contribution in [0, 0.1) is 12.3 Å². The average molecular weight is 501 g/mol. The quantitative estimate of drug-likeness (QED) is 0.402. The molecule has 1 saturated carbocycles. The lowest BCUT2D eigenvalue weighted by Crippen LogP contribution is -2.52. The van der Waals surface area contributed by atoms with E-state index in [2.05, 4.69) is 39.2 Å². The van der Waals surface area contributed by atoms with E-state index in [1.54, 1.807) is 19.2 Å². The number of aromatic nitrogens is 2. The monoisotopic (exact) mass is 500 g/mol. The van der Waals surface area contributed by atoms with Crippen LogP contribution in [0.2, 0.25) is 0 Å². The molecule has 0 bridgehead atoms. The van der Waals surface area contributed by atoms with Gasteiger partial charge in [0.15, 0.2) is 5.69 Å². The third-order valence-electron chi connectivity index (χ3n) is 7.22. The fourth-order valence-corrected chi connectivity index (χ4v) is 5.42. The number of nitrogens with zero attached hydrogens (tertiary/aromatic N) is 2. The van der Waals surface area contributed by atoms with Gasteiger partial charge in [-0.3, -0.25) is 4.90 Å². The molecule has 0 unspecified atom stereocenters. The Kier molecular flexibility index (Phi) is 7.49. The summed E-state index contributed by atoms with van der Waals surface area (Å²) in [7, 11) is 1.71. The number of piperidine rings is 1. The Hall–Kier alpha value is -3.20. The first-order chi connectivity index (χ1) is 17.1. The highest BCUT2D eigenvalue weighted by Crippen LogP contribution is 2.57. The Balaban J connectivity index is 0.000000214. The summed E-state index contributed by atoms with van der Waals surface area (Å²) in [5.41, 5.74) is 3.48. The van der Waals surface area contributed by atoms with Crippen molar-refractivity contribution in [1.82, 2.24) is 14.9 Å². The molecule has 9 heteroatoms. The van der Waals surface area contributed by atoms with E-state index >= 15 is 0 Å². The zero-order valence-corrected chi connectivity index (χ0v) is 21.0. The Morgan fingerprint density at radius 2 is 1.97 bits per heavy atom. The second-order valence-electron chi connectivity index (χ2n) is 9.87. The largest absolute Gasteiger partial charge is 0.496 e. The van der Waals surface area contributed by atoms with Crippen LogP contribution in [0.25, 0.3) is 10.9 Å². The maximum Gasteiger partial charge on any atom is 0.354 e. The number of aromatic amines is 1. The van der Waals surface area contributed by atoms with Gasteiger partial charge in [0, 0.05) is 48.6 Å². The maximum absolute atomic E-state index is 13.3.